The van der Waals surface area contributed by atoms with E-state index in [0.717, 1.165) is 43.4 Å². The molecule has 7 nitrogen and oxygen atoms in total. The van der Waals surface area contributed by atoms with Gasteiger partial charge in [-0.25, -0.2) is 0 Å². The summed E-state index contributed by atoms with van der Waals surface area (Å²) in [5.74, 6) is 0.449. The molecule has 36 heavy (non-hydrogen) atoms. The Hall–Kier alpha value is -3.35. The maximum Gasteiger partial charge on any atom is 0.229 e. The second kappa shape index (κ2) is 12.1. The van der Waals surface area contributed by atoms with Gasteiger partial charge in [0.15, 0.2) is 0 Å². The second-order valence-electron chi connectivity index (χ2n) is 9.73. The Balaban J connectivity index is 1.56. The first-order chi connectivity index (χ1) is 17.5. The number of benzene rings is 2. The lowest BCUT2D eigenvalue weighted by molar-refractivity contribution is -0.142. The van der Waals surface area contributed by atoms with E-state index in [2.05, 4.69) is 12.2 Å². The van der Waals surface area contributed by atoms with E-state index in [0.29, 0.717) is 43.8 Å². The van der Waals surface area contributed by atoms with Crippen LogP contribution in [0.2, 0.25) is 0 Å². The highest BCUT2D eigenvalue weighted by atomic mass is 16.5. The maximum absolute atomic E-state index is 13.7. The zero-order chi connectivity index (χ0) is 25.5. The zero-order valence-electron chi connectivity index (χ0n) is 21.4. The zero-order valence-corrected chi connectivity index (χ0v) is 21.4. The number of hydrogen-bond acceptors (Lipinski definition) is 4. The standard InChI is InChI=1S/C29H37N3O4/c1-3-4-18-32-27(34)16-15-24(28(32)23-12-5-6-13-25(23)36-2)29(35)30-22-11-9-10-21(19-22)20-31-17-8-7-14-26(31)33/h5-6,9-13,19,24,28H,3-4,7-8,14-18,20H2,1-2H3,(H,30,35). The van der Waals surface area contributed by atoms with Crippen LogP contribution in [0.5, 0.6) is 5.75 Å². The van der Waals surface area contributed by atoms with Crippen LogP contribution in [-0.2, 0) is 20.9 Å². The van der Waals surface area contributed by atoms with Crippen molar-refractivity contribution in [2.45, 2.75) is 64.5 Å². The quantitative estimate of drug-likeness (QED) is 0.540. The highest BCUT2D eigenvalue weighted by Gasteiger charge is 2.41. The van der Waals surface area contributed by atoms with Crippen molar-refractivity contribution in [1.82, 2.24) is 9.80 Å². The first-order valence-corrected chi connectivity index (χ1v) is 13.1. The number of methoxy groups -OCH3 is 1. The van der Waals surface area contributed by atoms with E-state index in [4.69, 9.17) is 4.74 Å². The van der Waals surface area contributed by atoms with Gasteiger partial charge in [-0.1, -0.05) is 43.7 Å². The molecule has 0 radical (unpaired) electrons. The minimum Gasteiger partial charge on any atom is -0.496 e. The fourth-order valence-electron chi connectivity index (χ4n) is 5.35. The molecule has 2 atom stereocenters. The van der Waals surface area contributed by atoms with E-state index in [-0.39, 0.29) is 23.8 Å². The summed E-state index contributed by atoms with van der Waals surface area (Å²) in [5.41, 5.74) is 2.56. The molecule has 2 heterocycles. The second-order valence-corrected chi connectivity index (χ2v) is 9.73. The number of anilines is 1. The van der Waals surface area contributed by atoms with Crippen LogP contribution in [0.25, 0.3) is 0 Å². The van der Waals surface area contributed by atoms with Gasteiger partial charge in [0.2, 0.25) is 17.7 Å². The van der Waals surface area contributed by atoms with Crippen molar-refractivity contribution in [3.8, 4) is 5.75 Å². The molecule has 2 aliphatic heterocycles. The van der Waals surface area contributed by atoms with E-state index < -0.39 is 5.92 Å². The van der Waals surface area contributed by atoms with Crippen molar-refractivity contribution in [1.29, 1.82) is 0 Å². The van der Waals surface area contributed by atoms with Gasteiger partial charge in [-0.3, -0.25) is 14.4 Å². The molecule has 0 aromatic heterocycles. The molecule has 0 aliphatic carbocycles. The van der Waals surface area contributed by atoms with Crippen molar-refractivity contribution in [2.75, 3.05) is 25.5 Å². The van der Waals surface area contributed by atoms with Gasteiger partial charge in [-0.15, -0.1) is 0 Å². The predicted molar refractivity (Wildman–Crippen MR) is 139 cm³/mol. The molecule has 0 saturated carbocycles. The Morgan fingerprint density at radius 3 is 2.67 bits per heavy atom. The van der Waals surface area contributed by atoms with Crippen LogP contribution in [0.15, 0.2) is 48.5 Å². The van der Waals surface area contributed by atoms with Gasteiger partial charge in [-0.2, -0.15) is 0 Å². The van der Waals surface area contributed by atoms with Crippen molar-refractivity contribution in [3.63, 3.8) is 0 Å². The average molecular weight is 492 g/mol. The molecular weight excluding hydrogens is 454 g/mol. The summed E-state index contributed by atoms with van der Waals surface area (Å²) in [4.78, 5) is 42.7. The van der Waals surface area contributed by atoms with Crippen LogP contribution in [0, 0.1) is 5.92 Å². The number of likely N-dealkylation sites (tertiary alicyclic amines) is 2. The highest BCUT2D eigenvalue weighted by Crippen LogP contribution is 2.41. The SMILES string of the molecule is CCCCN1C(=O)CCC(C(=O)Nc2cccc(CN3CCCCC3=O)c2)C1c1ccccc1OC. The number of nitrogens with zero attached hydrogens (tertiary/aromatic N) is 2. The third-order valence-corrected chi connectivity index (χ3v) is 7.24. The smallest absolute Gasteiger partial charge is 0.229 e. The summed E-state index contributed by atoms with van der Waals surface area (Å²) in [5, 5.41) is 3.11. The molecule has 0 spiro atoms. The van der Waals surface area contributed by atoms with Gasteiger partial charge in [0.05, 0.1) is 19.1 Å². The van der Waals surface area contributed by atoms with Crippen LogP contribution in [0.4, 0.5) is 5.69 Å². The number of piperidine rings is 2. The fraction of sp³-hybridized carbons (Fsp3) is 0.483. The fourth-order valence-corrected chi connectivity index (χ4v) is 5.35. The molecule has 0 bridgehead atoms. The molecular formula is C29H37N3O4. The molecule has 2 aromatic rings. The number of nitrogens with one attached hydrogen (secondary N) is 1. The molecule has 2 fully saturated rings. The number of amides is 3. The number of para-hydroxylation sites is 1. The van der Waals surface area contributed by atoms with Crippen LogP contribution in [0.1, 0.15) is 69.0 Å². The predicted octanol–water partition coefficient (Wildman–Crippen LogP) is 4.93. The first-order valence-electron chi connectivity index (χ1n) is 13.1. The Kier molecular flexibility index (Phi) is 8.62. The van der Waals surface area contributed by atoms with Gasteiger partial charge < -0.3 is 19.9 Å². The third kappa shape index (κ3) is 5.89. The Morgan fingerprint density at radius 1 is 1.06 bits per heavy atom. The average Bonchev–Trinajstić information content (AvgIpc) is 2.89. The van der Waals surface area contributed by atoms with Gasteiger partial charge in [0.25, 0.3) is 0 Å². The monoisotopic (exact) mass is 491 g/mol. The molecule has 2 unspecified atom stereocenters. The van der Waals surface area contributed by atoms with Crippen LogP contribution < -0.4 is 10.1 Å². The van der Waals surface area contributed by atoms with Crippen molar-refractivity contribution >= 4 is 23.4 Å². The van der Waals surface area contributed by atoms with Gasteiger partial charge in [0, 0.05) is 43.7 Å². The van der Waals surface area contributed by atoms with E-state index in [1.54, 1.807) is 7.11 Å². The van der Waals surface area contributed by atoms with E-state index in [9.17, 15) is 14.4 Å². The van der Waals surface area contributed by atoms with Crippen molar-refractivity contribution in [3.05, 3.63) is 59.7 Å². The summed E-state index contributed by atoms with van der Waals surface area (Å²) in [6.07, 6.45) is 5.27. The largest absolute Gasteiger partial charge is 0.496 e. The molecule has 2 saturated heterocycles. The normalized spacial score (nSPS) is 20.4. The highest BCUT2D eigenvalue weighted by molar-refractivity contribution is 5.95. The number of rotatable bonds is 9. The summed E-state index contributed by atoms with van der Waals surface area (Å²) in [6, 6.07) is 15.0. The van der Waals surface area contributed by atoms with Crippen LogP contribution in [-0.4, -0.2) is 47.7 Å². The first kappa shape index (κ1) is 25.7. The van der Waals surface area contributed by atoms with Gasteiger partial charge in [0.1, 0.15) is 5.75 Å². The third-order valence-electron chi connectivity index (χ3n) is 7.24. The molecule has 2 aromatic carbocycles. The number of carbonyl (C=O) groups is 3. The molecule has 192 valence electrons. The lowest BCUT2D eigenvalue weighted by Gasteiger charge is -2.41. The van der Waals surface area contributed by atoms with Gasteiger partial charge in [-0.05, 0) is 49.4 Å². The Morgan fingerprint density at radius 2 is 1.89 bits per heavy atom. The van der Waals surface area contributed by atoms with E-state index in [1.165, 1.54) is 0 Å². The maximum atomic E-state index is 13.7. The summed E-state index contributed by atoms with van der Waals surface area (Å²) >= 11 is 0. The van der Waals surface area contributed by atoms with Crippen LogP contribution in [0.3, 0.4) is 0 Å². The van der Waals surface area contributed by atoms with E-state index in [1.807, 2.05) is 58.3 Å². The number of carbonyl (C=O) groups excluding carboxylic acids is 3. The number of ether oxygens (including phenoxy) is 1. The van der Waals surface area contributed by atoms with Gasteiger partial charge >= 0.3 is 0 Å². The summed E-state index contributed by atoms with van der Waals surface area (Å²) in [7, 11) is 1.62. The number of unbranched alkanes of at least 4 members (excludes halogenated alkanes) is 1. The Bertz CT molecular complexity index is 1090. The van der Waals surface area contributed by atoms with Crippen molar-refractivity contribution in [2.24, 2.45) is 5.92 Å². The molecule has 7 heteroatoms. The summed E-state index contributed by atoms with van der Waals surface area (Å²) < 4.78 is 5.63. The van der Waals surface area contributed by atoms with E-state index >= 15 is 0 Å². The Labute approximate surface area is 213 Å². The summed E-state index contributed by atoms with van der Waals surface area (Å²) in [6.45, 7) is 4.04. The number of hydrogen-bond donors (Lipinski definition) is 1. The topological polar surface area (TPSA) is 79.0 Å². The molecule has 3 amide bonds. The van der Waals surface area contributed by atoms with Crippen molar-refractivity contribution < 1.29 is 19.1 Å². The van der Waals surface area contributed by atoms with Crippen LogP contribution >= 0.6 is 0 Å². The molecule has 4 rings (SSSR count). The minimum absolute atomic E-state index is 0.0802. The minimum atomic E-state index is -0.400. The lowest BCUT2D eigenvalue weighted by atomic mass is 9.83. The molecule has 1 N–H and O–H groups in total. The lowest BCUT2D eigenvalue weighted by Crippen LogP contribution is -2.47. The molecule has 2 aliphatic rings.